The zero-order valence-electron chi connectivity index (χ0n) is 5.52. The summed E-state index contributed by atoms with van der Waals surface area (Å²) in [6.07, 6.45) is 2.70. The highest BCUT2D eigenvalue weighted by Gasteiger charge is 2.10. The molecule has 0 bridgehead atoms. The maximum atomic E-state index is 10.2. The Labute approximate surface area is 77.3 Å². The van der Waals surface area contributed by atoms with E-state index in [1.807, 2.05) is 0 Å². The summed E-state index contributed by atoms with van der Waals surface area (Å²) in [6.45, 7) is 0. The number of carboxylic acid groups (broad SMARTS) is 1. The molecule has 0 aliphatic heterocycles. The number of hydrogen-bond acceptors (Lipinski definition) is 1. The van der Waals surface area contributed by atoms with Crippen molar-refractivity contribution in [2.75, 3.05) is 5.33 Å². The van der Waals surface area contributed by atoms with Crippen molar-refractivity contribution in [1.29, 1.82) is 0 Å². The van der Waals surface area contributed by atoms with Gasteiger partial charge in [-0.25, -0.2) is 0 Å². The Morgan fingerprint density at radius 1 is 1.50 bits per heavy atom. The van der Waals surface area contributed by atoms with Crippen molar-refractivity contribution in [1.82, 2.24) is 0 Å². The average molecular weight is 274 g/mol. The van der Waals surface area contributed by atoms with Crippen LogP contribution in [-0.4, -0.2) is 21.2 Å². The Balaban J connectivity index is 3.21. The maximum Gasteiger partial charge on any atom is 0.317 e. The first-order valence-corrected chi connectivity index (χ1v) is 5.15. The summed E-state index contributed by atoms with van der Waals surface area (Å²) < 4.78 is 0. The molecule has 0 amide bonds. The van der Waals surface area contributed by atoms with E-state index in [1.165, 1.54) is 0 Å². The number of carboxylic acids is 1. The van der Waals surface area contributed by atoms with Crippen molar-refractivity contribution in [3.8, 4) is 0 Å². The molecule has 0 radical (unpaired) electrons. The van der Waals surface area contributed by atoms with Crippen LogP contribution < -0.4 is 0 Å². The molecule has 2 nitrogen and oxygen atoms in total. The van der Waals surface area contributed by atoms with Crippen molar-refractivity contribution < 1.29 is 9.90 Å². The fourth-order valence-corrected chi connectivity index (χ4v) is 1.26. The van der Waals surface area contributed by atoms with Crippen LogP contribution in [0.15, 0.2) is 0 Å². The zero-order valence-corrected chi connectivity index (χ0v) is 8.69. The van der Waals surface area contributed by atoms with Crippen LogP contribution in [0.2, 0.25) is 0 Å². The number of alkyl halides is 2. The second kappa shape index (κ2) is 6.16. The number of halogens is 2. The SMILES string of the molecule is O=C(O)[C@H](Br)CCCCBr. The van der Waals surface area contributed by atoms with Crippen molar-refractivity contribution in [3.63, 3.8) is 0 Å². The number of hydrogen-bond donors (Lipinski definition) is 1. The van der Waals surface area contributed by atoms with Crippen LogP contribution in [0, 0.1) is 0 Å². The lowest BCUT2D eigenvalue weighted by atomic mass is 10.2. The highest BCUT2D eigenvalue weighted by atomic mass is 79.9. The minimum absolute atomic E-state index is 0.369. The van der Waals surface area contributed by atoms with Crippen LogP contribution in [0.5, 0.6) is 0 Å². The van der Waals surface area contributed by atoms with E-state index in [9.17, 15) is 4.79 Å². The van der Waals surface area contributed by atoms with Gasteiger partial charge >= 0.3 is 5.97 Å². The number of aliphatic carboxylic acids is 1. The molecule has 4 heteroatoms. The zero-order chi connectivity index (χ0) is 7.98. The summed E-state index contributed by atoms with van der Waals surface area (Å²) in [5, 5.41) is 9.37. The quantitative estimate of drug-likeness (QED) is 0.617. The summed E-state index contributed by atoms with van der Waals surface area (Å²) in [7, 11) is 0. The Hall–Kier alpha value is 0.430. The van der Waals surface area contributed by atoms with Crippen molar-refractivity contribution >= 4 is 37.8 Å². The van der Waals surface area contributed by atoms with Crippen LogP contribution in [0.1, 0.15) is 19.3 Å². The maximum absolute atomic E-state index is 10.2. The Bertz CT molecular complexity index is 106. The lowest BCUT2D eigenvalue weighted by molar-refractivity contribution is -0.136. The standard InChI is InChI=1S/C6H10Br2O2/c7-4-2-1-3-5(8)6(9)10/h5H,1-4H2,(H,9,10)/t5-/m1/s1. The molecule has 0 fully saturated rings. The molecule has 0 unspecified atom stereocenters. The molecule has 0 aliphatic rings. The molecule has 1 N–H and O–H groups in total. The van der Waals surface area contributed by atoms with E-state index in [0.717, 1.165) is 18.2 Å². The number of carbonyl (C=O) groups is 1. The van der Waals surface area contributed by atoms with E-state index in [2.05, 4.69) is 31.9 Å². The number of rotatable bonds is 5. The van der Waals surface area contributed by atoms with Crippen molar-refractivity contribution in [2.45, 2.75) is 24.1 Å². The third kappa shape index (κ3) is 5.23. The molecule has 60 valence electrons. The van der Waals surface area contributed by atoms with Gasteiger partial charge in [-0.1, -0.05) is 38.3 Å². The highest BCUT2D eigenvalue weighted by molar-refractivity contribution is 9.10. The molecule has 0 heterocycles. The summed E-state index contributed by atoms with van der Waals surface area (Å²) >= 11 is 6.33. The molecule has 0 spiro atoms. The van der Waals surface area contributed by atoms with Crippen LogP contribution in [0.3, 0.4) is 0 Å². The number of unbranched alkanes of at least 4 members (excludes halogenated alkanes) is 1. The molecule has 0 rings (SSSR count). The molecule has 1 atom stereocenters. The Morgan fingerprint density at radius 2 is 2.10 bits per heavy atom. The van der Waals surface area contributed by atoms with Gasteiger partial charge in [0.05, 0.1) is 0 Å². The van der Waals surface area contributed by atoms with E-state index in [0.29, 0.717) is 6.42 Å². The normalized spacial score (nSPS) is 13.0. The topological polar surface area (TPSA) is 37.3 Å². The van der Waals surface area contributed by atoms with Crippen molar-refractivity contribution in [2.24, 2.45) is 0 Å². The summed E-state index contributed by atoms with van der Waals surface area (Å²) in [6, 6.07) is 0. The average Bonchev–Trinajstić information content (AvgIpc) is 1.88. The Kier molecular flexibility index (Phi) is 6.43. The molecule has 0 aromatic carbocycles. The molecular formula is C6H10Br2O2. The van der Waals surface area contributed by atoms with Crippen LogP contribution in [-0.2, 0) is 4.79 Å². The van der Waals surface area contributed by atoms with Gasteiger partial charge in [-0.3, -0.25) is 4.79 Å². The molecule has 10 heavy (non-hydrogen) atoms. The first kappa shape index (κ1) is 10.4. The van der Waals surface area contributed by atoms with Gasteiger partial charge in [0.1, 0.15) is 4.83 Å². The van der Waals surface area contributed by atoms with Gasteiger partial charge in [0, 0.05) is 5.33 Å². The molecule has 0 aliphatic carbocycles. The van der Waals surface area contributed by atoms with E-state index in [1.54, 1.807) is 0 Å². The van der Waals surface area contributed by atoms with E-state index in [-0.39, 0.29) is 4.83 Å². The predicted molar refractivity (Wildman–Crippen MR) is 48.0 cm³/mol. The Morgan fingerprint density at radius 3 is 2.50 bits per heavy atom. The first-order chi connectivity index (χ1) is 4.68. The van der Waals surface area contributed by atoms with Gasteiger partial charge in [-0.05, 0) is 12.8 Å². The van der Waals surface area contributed by atoms with Gasteiger partial charge in [-0.2, -0.15) is 0 Å². The molecular weight excluding hydrogens is 264 g/mol. The van der Waals surface area contributed by atoms with Gasteiger partial charge in [0.25, 0.3) is 0 Å². The smallest absolute Gasteiger partial charge is 0.317 e. The van der Waals surface area contributed by atoms with Gasteiger partial charge in [0.2, 0.25) is 0 Å². The first-order valence-electron chi connectivity index (χ1n) is 3.11. The predicted octanol–water partition coefficient (Wildman–Crippen LogP) is 2.40. The minimum Gasteiger partial charge on any atom is -0.480 e. The van der Waals surface area contributed by atoms with E-state index < -0.39 is 5.97 Å². The van der Waals surface area contributed by atoms with Gasteiger partial charge in [0.15, 0.2) is 0 Å². The second-order valence-electron chi connectivity index (χ2n) is 1.99. The lowest BCUT2D eigenvalue weighted by Gasteiger charge is -2.01. The fraction of sp³-hybridized carbons (Fsp3) is 0.833. The van der Waals surface area contributed by atoms with E-state index in [4.69, 9.17) is 5.11 Å². The summed E-state index contributed by atoms with van der Waals surface area (Å²) in [4.78, 5) is 9.87. The molecule has 0 aromatic rings. The third-order valence-electron chi connectivity index (χ3n) is 1.11. The largest absolute Gasteiger partial charge is 0.480 e. The van der Waals surface area contributed by atoms with Crippen LogP contribution >= 0.6 is 31.9 Å². The molecule has 0 aromatic heterocycles. The highest BCUT2D eigenvalue weighted by Crippen LogP contribution is 2.10. The van der Waals surface area contributed by atoms with Crippen LogP contribution in [0.4, 0.5) is 0 Å². The van der Waals surface area contributed by atoms with Crippen molar-refractivity contribution in [3.05, 3.63) is 0 Å². The monoisotopic (exact) mass is 272 g/mol. The minimum atomic E-state index is -0.769. The van der Waals surface area contributed by atoms with Crippen LogP contribution in [0.25, 0.3) is 0 Å². The summed E-state index contributed by atoms with van der Waals surface area (Å²) in [5.41, 5.74) is 0. The fourth-order valence-electron chi connectivity index (χ4n) is 0.542. The lowest BCUT2D eigenvalue weighted by Crippen LogP contribution is -2.11. The molecule has 0 saturated carbocycles. The van der Waals surface area contributed by atoms with Gasteiger partial charge in [-0.15, -0.1) is 0 Å². The van der Waals surface area contributed by atoms with Gasteiger partial charge < -0.3 is 5.11 Å². The summed E-state index contributed by atoms with van der Waals surface area (Å²) in [5.74, 6) is -0.769. The molecule has 0 saturated heterocycles. The second-order valence-corrected chi connectivity index (χ2v) is 3.89. The third-order valence-corrected chi connectivity index (χ3v) is 2.52. The van der Waals surface area contributed by atoms with E-state index >= 15 is 0 Å².